The lowest BCUT2D eigenvalue weighted by Gasteiger charge is -2.37. The van der Waals surface area contributed by atoms with E-state index in [1.165, 1.54) is 17.9 Å². The molecule has 5 atom stereocenters. The summed E-state index contributed by atoms with van der Waals surface area (Å²) in [6, 6.07) is 32.4. The average Bonchev–Trinajstić information content (AvgIpc) is 3.88. The molecule has 0 saturated carbocycles. The molecular weight excluding hydrogens is 828 g/mol. The molecule has 1 aliphatic heterocycles. The Balaban J connectivity index is 1.28. The predicted molar refractivity (Wildman–Crippen MR) is 240 cm³/mol. The van der Waals surface area contributed by atoms with E-state index in [0.717, 1.165) is 33.2 Å². The second-order valence-electron chi connectivity index (χ2n) is 16.0. The van der Waals surface area contributed by atoms with Gasteiger partial charge in [-0.05, 0) is 79.2 Å². The molecule has 0 radical (unpaired) electrons. The summed E-state index contributed by atoms with van der Waals surface area (Å²) >= 11 is 0. The van der Waals surface area contributed by atoms with Gasteiger partial charge in [0.1, 0.15) is 35.5 Å². The first-order valence-corrected chi connectivity index (χ1v) is 24.9. The third kappa shape index (κ3) is 9.95. The number of nitrogens with one attached hydrogen (secondary N) is 3. The Morgan fingerprint density at radius 3 is 2.11 bits per heavy atom. The van der Waals surface area contributed by atoms with E-state index in [1.54, 1.807) is 21.1 Å². The smallest absolute Gasteiger partial charge is 0.330 e. The van der Waals surface area contributed by atoms with Crippen molar-refractivity contribution >= 4 is 33.7 Å². The topological polar surface area (TPSA) is 164 Å². The minimum atomic E-state index is -2.35. The van der Waals surface area contributed by atoms with E-state index in [0.29, 0.717) is 23.5 Å². The van der Waals surface area contributed by atoms with Crippen molar-refractivity contribution in [3.8, 4) is 11.5 Å². The number of nitrogens with zero attached hydrogens (tertiary/aromatic N) is 1. The molecule has 0 bridgehead atoms. The quantitative estimate of drug-likeness (QED) is 0.0340. The summed E-state index contributed by atoms with van der Waals surface area (Å²) in [6.07, 6.45) is 1.48. The lowest BCUT2D eigenvalue weighted by atomic mass is 9.80. The number of carbonyl (C=O) groups excluding carboxylic acids is 1. The van der Waals surface area contributed by atoms with Gasteiger partial charge >= 0.3 is 11.7 Å². The second-order valence-corrected chi connectivity index (χ2v) is 22.0. The van der Waals surface area contributed by atoms with Crippen LogP contribution in [0.2, 0.25) is 19.6 Å². The number of H-pyrrole nitrogens is 2. The fourth-order valence-electron chi connectivity index (χ4n) is 7.64. The third-order valence-corrected chi connectivity index (χ3v) is 14.5. The highest BCUT2D eigenvalue weighted by atomic mass is 31.2. The van der Waals surface area contributed by atoms with Gasteiger partial charge in [-0.25, -0.2) is 9.88 Å². The van der Waals surface area contributed by atoms with Gasteiger partial charge in [0.05, 0.1) is 34.0 Å². The van der Waals surface area contributed by atoms with Gasteiger partial charge in [0.15, 0.2) is 8.32 Å². The minimum Gasteiger partial charge on any atom is -0.497 e. The molecule has 326 valence electrons. The number of ether oxygens (including phenoxy) is 5. The number of fused-ring (bicyclic) bond motifs is 1. The van der Waals surface area contributed by atoms with Crippen molar-refractivity contribution in [3.05, 3.63) is 164 Å². The molecule has 0 amide bonds. The number of hydrogen-bond donors (Lipinski definition) is 3. The fourth-order valence-corrected chi connectivity index (χ4v) is 11.0. The van der Waals surface area contributed by atoms with Gasteiger partial charge < -0.3 is 37.4 Å². The number of hydrogen-bond acceptors (Lipinski definition) is 11. The summed E-state index contributed by atoms with van der Waals surface area (Å²) in [5.74, 6) is 0.884. The van der Waals surface area contributed by atoms with Crippen LogP contribution in [0.4, 0.5) is 0 Å². The number of esters is 1. The molecule has 3 heterocycles. The van der Waals surface area contributed by atoms with Crippen LogP contribution in [-0.4, -0.2) is 75.0 Å². The molecule has 62 heavy (non-hydrogen) atoms. The van der Waals surface area contributed by atoms with Gasteiger partial charge in [0.25, 0.3) is 5.56 Å². The predicted octanol–water partition coefficient (Wildman–Crippen LogP) is 7.48. The van der Waals surface area contributed by atoms with Crippen LogP contribution in [0.15, 0.2) is 125 Å². The molecule has 1 saturated heterocycles. The molecule has 7 rings (SSSR count). The zero-order valence-electron chi connectivity index (χ0n) is 35.9. The van der Waals surface area contributed by atoms with Gasteiger partial charge in [-0.3, -0.25) is 19.1 Å². The van der Waals surface area contributed by atoms with Crippen LogP contribution in [0.5, 0.6) is 11.5 Å². The number of aryl methyl sites for hydroxylation is 1. The monoisotopic (exact) mass is 880 g/mol. The molecule has 2 aromatic heterocycles. The first-order chi connectivity index (χ1) is 29.8. The Kier molecular flexibility index (Phi) is 13.9. The summed E-state index contributed by atoms with van der Waals surface area (Å²) < 4.78 is 45.4. The van der Waals surface area contributed by atoms with Crippen molar-refractivity contribution in [3.63, 3.8) is 0 Å². The SMILES string of the molecule is COC(=O)[C@H](Cc1c[nH]c2ccccc12)NP(O[C@H]1C[C@H](n2cc(C)c(=O)[nH]c2=O)O[C@@H]1COC(c1ccccc1)(c1ccc(OC)cc1)c1ccc(OC)cc1)O[Si](C)(C)C. The van der Waals surface area contributed by atoms with E-state index in [-0.39, 0.29) is 13.0 Å². The molecule has 1 aliphatic rings. The normalized spacial score (nSPS) is 17.8. The van der Waals surface area contributed by atoms with Gasteiger partial charge in [-0.1, -0.05) is 72.8 Å². The van der Waals surface area contributed by atoms with Gasteiger partial charge in [-0.2, -0.15) is 0 Å². The summed E-state index contributed by atoms with van der Waals surface area (Å²) in [5.41, 5.74) is 2.40. The number of methoxy groups -OCH3 is 3. The lowest BCUT2D eigenvalue weighted by Crippen LogP contribution is -2.41. The van der Waals surface area contributed by atoms with Crippen LogP contribution in [0, 0.1) is 6.92 Å². The maximum absolute atomic E-state index is 13.5. The zero-order valence-corrected chi connectivity index (χ0v) is 37.8. The highest BCUT2D eigenvalue weighted by Crippen LogP contribution is 2.47. The molecule has 14 nitrogen and oxygen atoms in total. The van der Waals surface area contributed by atoms with Crippen LogP contribution < -0.4 is 25.8 Å². The molecule has 4 aromatic carbocycles. The van der Waals surface area contributed by atoms with Crippen molar-refractivity contribution in [2.75, 3.05) is 27.9 Å². The molecule has 1 unspecified atom stereocenters. The zero-order chi connectivity index (χ0) is 44.0. The lowest BCUT2D eigenvalue weighted by molar-refractivity contribution is -0.142. The maximum Gasteiger partial charge on any atom is 0.330 e. The Bertz CT molecular complexity index is 2510. The summed E-state index contributed by atoms with van der Waals surface area (Å²) in [5, 5.41) is 4.38. The van der Waals surface area contributed by atoms with Crippen LogP contribution in [-0.2, 0) is 39.8 Å². The highest BCUT2D eigenvalue weighted by Gasteiger charge is 2.45. The summed E-state index contributed by atoms with van der Waals surface area (Å²) in [7, 11) is 0.252. The third-order valence-electron chi connectivity index (χ3n) is 10.7. The summed E-state index contributed by atoms with van der Waals surface area (Å²) in [6.45, 7) is 7.71. The van der Waals surface area contributed by atoms with E-state index >= 15 is 0 Å². The van der Waals surface area contributed by atoms with E-state index in [9.17, 15) is 14.4 Å². The molecule has 3 N–H and O–H groups in total. The molecular formula is C46H53N4O10PSi. The van der Waals surface area contributed by atoms with Gasteiger partial charge in [0, 0.05) is 41.7 Å². The Morgan fingerprint density at radius 2 is 1.50 bits per heavy atom. The number of para-hydroxylation sites is 1. The molecule has 1 fully saturated rings. The molecule has 16 heteroatoms. The Labute approximate surface area is 362 Å². The number of aromatic nitrogens is 3. The first kappa shape index (κ1) is 44.7. The van der Waals surface area contributed by atoms with Crippen molar-refractivity contribution in [1.29, 1.82) is 0 Å². The summed E-state index contributed by atoms with van der Waals surface area (Å²) in [4.78, 5) is 45.0. The number of carbonyl (C=O) groups is 1. The second kappa shape index (κ2) is 19.3. The van der Waals surface area contributed by atoms with Crippen molar-refractivity contribution < 1.29 is 37.2 Å². The first-order valence-electron chi connectivity index (χ1n) is 20.3. The fraction of sp³-hybridized carbons (Fsp3) is 0.326. The van der Waals surface area contributed by atoms with Crippen LogP contribution in [0.1, 0.15) is 40.5 Å². The van der Waals surface area contributed by atoms with Gasteiger partial charge in [0.2, 0.25) is 8.53 Å². The Morgan fingerprint density at radius 1 is 0.887 bits per heavy atom. The average molecular weight is 881 g/mol. The maximum atomic E-state index is 13.5. The molecule has 6 aromatic rings. The van der Waals surface area contributed by atoms with Crippen LogP contribution >= 0.6 is 8.53 Å². The van der Waals surface area contributed by atoms with Crippen LogP contribution in [0.3, 0.4) is 0 Å². The molecule has 0 aliphatic carbocycles. The number of rotatable bonds is 18. The highest BCUT2D eigenvalue weighted by molar-refractivity contribution is 7.47. The molecule has 0 spiro atoms. The Hall–Kier alpha value is -5.38. The van der Waals surface area contributed by atoms with E-state index in [4.69, 9.17) is 32.4 Å². The van der Waals surface area contributed by atoms with Crippen LogP contribution in [0.25, 0.3) is 10.9 Å². The van der Waals surface area contributed by atoms with Crippen molar-refractivity contribution in [2.24, 2.45) is 0 Å². The van der Waals surface area contributed by atoms with E-state index in [1.807, 2.05) is 129 Å². The number of aromatic amines is 2. The largest absolute Gasteiger partial charge is 0.497 e. The van der Waals surface area contributed by atoms with Crippen molar-refractivity contribution in [2.45, 2.75) is 69.5 Å². The number of benzene rings is 4. The van der Waals surface area contributed by atoms with E-state index in [2.05, 4.69) is 15.1 Å². The van der Waals surface area contributed by atoms with Crippen molar-refractivity contribution in [1.82, 2.24) is 19.6 Å². The minimum absolute atomic E-state index is 0.0307. The standard InChI is InChI=1S/C46H53N4O10PSi/c1-30-28-50(45(53)48-43(30)51)42-26-40(59-61(60-62(5,6)7)49-39(44(52)56-4)25-31-27-47-38-16-12-11-15-37(31)38)41(58-42)29-57-46(32-13-9-8-10-14-32,33-17-21-35(54-2)22-18-33)34-19-23-36(55-3)24-20-34/h8-24,27-28,39-42,47,49H,25-26,29H2,1-7H3,(H,48,51,53)/t39-,40-,41+,42+,61?/m0/s1. The van der Waals surface area contributed by atoms with Gasteiger partial charge in [-0.15, -0.1) is 0 Å². The van der Waals surface area contributed by atoms with E-state index < -0.39 is 64.1 Å².